The van der Waals surface area contributed by atoms with Crippen LogP contribution in [0.4, 0.5) is 15.9 Å². The third-order valence-corrected chi connectivity index (χ3v) is 8.49. The van der Waals surface area contributed by atoms with Crippen molar-refractivity contribution in [2.45, 2.75) is 45.6 Å². The van der Waals surface area contributed by atoms with Gasteiger partial charge in [-0.05, 0) is 49.6 Å². The molecule has 1 fully saturated rings. The van der Waals surface area contributed by atoms with Gasteiger partial charge >= 0.3 is 5.69 Å². The van der Waals surface area contributed by atoms with Gasteiger partial charge in [-0.3, -0.25) is 14.6 Å². The number of halogens is 2. The van der Waals surface area contributed by atoms with Crippen molar-refractivity contribution in [3.63, 3.8) is 0 Å². The maximum atomic E-state index is 15.6. The van der Waals surface area contributed by atoms with Crippen LogP contribution in [0.2, 0.25) is 5.02 Å². The normalized spacial score (nSPS) is 16.8. The number of rotatable bonds is 3. The molecule has 2 aliphatic heterocycles. The van der Waals surface area contributed by atoms with Gasteiger partial charge in [0.15, 0.2) is 5.65 Å². The molecule has 13 heteroatoms. The van der Waals surface area contributed by atoms with Crippen LogP contribution in [0.25, 0.3) is 28.0 Å². The highest BCUT2D eigenvalue weighted by molar-refractivity contribution is 6.34. The Hall–Kier alpha value is -4.84. The van der Waals surface area contributed by atoms with Crippen molar-refractivity contribution in [1.29, 1.82) is 0 Å². The summed E-state index contributed by atoms with van der Waals surface area (Å²) in [5.41, 5.74) is 0.784. The second-order valence-corrected chi connectivity index (χ2v) is 12.0. The zero-order valence-corrected chi connectivity index (χ0v) is 26.5. The number of ether oxygens (including phenoxy) is 1. The zero-order valence-electron chi connectivity index (χ0n) is 25.7. The van der Waals surface area contributed by atoms with E-state index in [1.54, 1.807) is 29.3 Å². The van der Waals surface area contributed by atoms with Crippen LogP contribution < -0.4 is 20.6 Å². The van der Waals surface area contributed by atoms with E-state index in [4.69, 9.17) is 21.3 Å². The van der Waals surface area contributed by atoms with E-state index < -0.39 is 11.5 Å². The number of nitrogens with zero attached hydrogens (tertiary/aromatic N) is 6. The van der Waals surface area contributed by atoms with Gasteiger partial charge in [-0.25, -0.2) is 18.7 Å². The van der Waals surface area contributed by atoms with Crippen LogP contribution in [0.5, 0.6) is 5.75 Å². The Bertz CT molecular complexity index is 1950. The van der Waals surface area contributed by atoms with Gasteiger partial charge in [0.1, 0.15) is 17.4 Å². The monoisotopic (exact) mass is 645 g/mol. The average molecular weight is 646 g/mol. The summed E-state index contributed by atoms with van der Waals surface area (Å²) in [5.74, 6) is -0.723. The first-order valence-corrected chi connectivity index (χ1v) is 15.5. The van der Waals surface area contributed by atoms with E-state index in [-0.39, 0.29) is 64.5 Å². The smallest absolute Gasteiger partial charge is 0.355 e. The molecule has 2 bridgehead atoms. The van der Waals surface area contributed by atoms with E-state index in [9.17, 15) is 14.4 Å². The molecule has 238 valence electrons. The minimum absolute atomic E-state index is 0.0358. The molecule has 2 aliphatic rings. The number of piperazine rings is 1. The quantitative estimate of drug-likeness (QED) is 0.306. The molecule has 0 aliphatic carbocycles. The van der Waals surface area contributed by atoms with Gasteiger partial charge in [-0.2, -0.15) is 4.98 Å². The van der Waals surface area contributed by atoms with E-state index in [2.05, 4.69) is 21.9 Å². The Labute approximate surface area is 269 Å². The summed E-state index contributed by atoms with van der Waals surface area (Å²) in [6, 6.07) is 7.43. The second kappa shape index (κ2) is 12.5. The summed E-state index contributed by atoms with van der Waals surface area (Å²) in [6.45, 7) is 10.7. The summed E-state index contributed by atoms with van der Waals surface area (Å²) < 4.78 is 22.9. The molecule has 0 radical (unpaired) electrons. The van der Waals surface area contributed by atoms with Gasteiger partial charge in [0.2, 0.25) is 11.8 Å². The lowest BCUT2D eigenvalue weighted by Crippen LogP contribution is -2.54. The molecule has 1 N–H and O–H groups in total. The molecule has 1 aromatic carbocycles. The highest BCUT2D eigenvalue weighted by atomic mass is 35.5. The van der Waals surface area contributed by atoms with Crippen molar-refractivity contribution in [3.8, 4) is 22.7 Å². The van der Waals surface area contributed by atoms with Crippen LogP contribution in [0.1, 0.15) is 45.2 Å². The lowest BCUT2D eigenvalue weighted by Gasteiger charge is -2.40. The number of carbonyl (C=O) groups excluding carboxylic acids is 2. The van der Waals surface area contributed by atoms with Crippen LogP contribution in [-0.4, -0.2) is 68.5 Å². The van der Waals surface area contributed by atoms with Crippen LogP contribution in [-0.2, 0) is 9.59 Å². The van der Waals surface area contributed by atoms with E-state index >= 15 is 4.39 Å². The molecule has 11 nitrogen and oxygen atoms in total. The largest absolute Gasteiger partial charge is 0.493 e. The minimum Gasteiger partial charge on any atom is -0.493 e. The zero-order chi connectivity index (χ0) is 32.7. The number of anilines is 2. The molecular formula is C33H33ClFN7O4. The highest BCUT2D eigenvalue weighted by Gasteiger charge is 2.31. The van der Waals surface area contributed by atoms with E-state index in [1.807, 2.05) is 25.7 Å². The lowest BCUT2D eigenvalue weighted by molar-refractivity contribution is -0.126. The predicted molar refractivity (Wildman–Crippen MR) is 174 cm³/mol. The molecule has 2 amide bonds. The van der Waals surface area contributed by atoms with Crippen molar-refractivity contribution in [1.82, 2.24) is 24.4 Å². The van der Waals surface area contributed by atoms with Crippen molar-refractivity contribution in [3.05, 3.63) is 76.2 Å². The molecule has 6 rings (SSSR count). The number of hydrogen-bond donors (Lipinski definition) is 1. The number of amides is 2. The van der Waals surface area contributed by atoms with Gasteiger partial charge in [0, 0.05) is 38.3 Å². The molecule has 0 spiro atoms. The molecular weight excluding hydrogens is 613 g/mol. The van der Waals surface area contributed by atoms with Crippen molar-refractivity contribution < 1.29 is 18.7 Å². The van der Waals surface area contributed by atoms with Gasteiger partial charge in [0.25, 0.3) is 0 Å². The lowest BCUT2D eigenvalue weighted by atomic mass is 10.1. The SMILES string of the molecule is C=CC(=O)N1CCN(c2nc(=O)n3c4nc(c(Cl)cc24)-c2c(F)cccc2OCCCC(=O)Nc2ccnc(C(C)C)c2-3)[C@@H](C)C1. The Morgan fingerprint density at radius 3 is 2.76 bits per heavy atom. The van der Waals surface area contributed by atoms with Crippen LogP contribution in [0.3, 0.4) is 0 Å². The molecule has 1 saturated heterocycles. The summed E-state index contributed by atoms with van der Waals surface area (Å²) in [4.78, 5) is 57.4. The van der Waals surface area contributed by atoms with E-state index in [0.717, 1.165) is 0 Å². The number of hydrogen-bond acceptors (Lipinski definition) is 8. The topological polar surface area (TPSA) is 123 Å². The number of fused-ring (bicyclic) bond motifs is 5. The van der Waals surface area contributed by atoms with Crippen molar-refractivity contribution in [2.75, 3.05) is 36.5 Å². The van der Waals surface area contributed by atoms with E-state index in [0.29, 0.717) is 54.3 Å². The third kappa shape index (κ3) is 5.57. The number of pyridine rings is 2. The Morgan fingerprint density at radius 1 is 1.22 bits per heavy atom. The van der Waals surface area contributed by atoms with Gasteiger partial charge in [-0.1, -0.05) is 38.1 Å². The fraction of sp³-hybridized carbons (Fsp3) is 0.333. The molecule has 46 heavy (non-hydrogen) atoms. The van der Waals surface area contributed by atoms with Gasteiger partial charge < -0.3 is 19.9 Å². The Kier molecular flexibility index (Phi) is 8.47. The summed E-state index contributed by atoms with van der Waals surface area (Å²) in [5, 5.41) is 3.49. The number of benzene rings is 1. The first-order valence-electron chi connectivity index (χ1n) is 15.1. The third-order valence-electron chi connectivity index (χ3n) is 8.20. The van der Waals surface area contributed by atoms with Gasteiger partial charge in [0.05, 0.1) is 45.3 Å². The van der Waals surface area contributed by atoms with Crippen LogP contribution in [0.15, 0.2) is 54.0 Å². The number of carbonyl (C=O) groups is 2. The maximum Gasteiger partial charge on any atom is 0.355 e. The molecule has 0 unspecified atom stereocenters. The molecule has 3 aromatic heterocycles. The average Bonchev–Trinajstić information content (AvgIpc) is 3.02. The summed E-state index contributed by atoms with van der Waals surface area (Å²) in [7, 11) is 0. The summed E-state index contributed by atoms with van der Waals surface area (Å²) >= 11 is 6.90. The van der Waals surface area contributed by atoms with Crippen molar-refractivity contribution >= 4 is 46.0 Å². The second-order valence-electron chi connectivity index (χ2n) is 11.6. The fourth-order valence-corrected chi connectivity index (χ4v) is 6.26. The predicted octanol–water partition coefficient (Wildman–Crippen LogP) is 5.09. The molecule has 0 saturated carbocycles. The Balaban J connectivity index is 1.69. The first kappa shape index (κ1) is 31.2. The Morgan fingerprint density at radius 2 is 2.02 bits per heavy atom. The standard InChI is InChI=1S/C33H33ClFN7O4/c1-5-26(44)40-13-14-41(19(4)17-40)31-20-16-21(34)29-27-22(35)8-6-9-24(27)46-15-7-10-25(43)37-23-11-12-36-28(18(2)3)30(23)42(32(20)38-29)33(45)39-31/h5-6,8-9,11-12,16,18-19H,1,7,10,13-15,17H2,2-4H3,(H,37,43)/t19-/m0/s1. The maximum absolute atomic E-state index is 15.6. The highest BCUT2D eigenvalue weighted by Crippen LogP contribution is 2.40. The van der Waals surface area contributed by atoms with Gasteiger partial charge in [-0.15, -0.1) is 0 Å². The number of nitrogens with one attached hydrogen (secondary N) is 1. The molecule has 4 aromatic rings. The summed E-state index contributed by atoms with van der Waals surface area (Å²) in [6.07, 6.45) is 3.32. The molecule has 1 atom stereocenters. The molecule has 5 heterocycles. The fourth-order valence-electron chi connectivity index (χ4n) is 6.01. The van der Waals surface area contributed by atoms with E-state index in [1.165, 1.54) is 22.8 Å². The minimum atomic E-state index is -0.678. The van der Waals surface area contributed by atoms with Crippen molar-refractivity contribution in [2.24, 2.45) is 0 Å². The first-order chi connectivity index (χ1) is 22.1. The van der Waals surface area contributed by atoms with Crippen LogP contribution >= 0.6 is 11.6 Å². The van der Waals surface area contributed by atoms with Crippen LogP contribution in [0, 0.1) is 5.82 Å². The number of aromatic nitrogens is 4.